The lowest BCUT2D eigenvalue weighted by Crippen LogP contribution is -2.35. The normalized spacial score (nSPS) is 12.0. The van der Waals surface area contributed by atoms with Crippen molar-refractivity contribution in [1.29, 1.82) is 0 Å². The summed E-state index contributed by atoms with van der Waals surface area (Å²) in [5.41, 5.74) is 2.44. The molecule has 1 amide bonds. The van der Waals surface area contributed by atoms with Crippen LogP contribution in [0, 0.1) is 11.7 Å². The van der Waals surface area contributed by atoms with E-state index in [4.69, 9.17) is 5.11 Å². The van der Waals surface area contributed by atoms with Gasteiger partial charge in [0.15, 0.2) is 0 Å². The number of hydrogen-bond acceptors (Lipinski definition) is 3. The van der Waals surface area contributed by atoms with Crippen molar-refractivity contribution in [3.8, 4) is 0 Å². The van der Waals surface area contributed by atoms with Gasteiger partial charge in [0.2, 0.25) is 5.91 Å². The summed E-state index contributed by atoms with van der Waals surface area (Å²) in [5.74, 6) is -0.262. The lowest BCUT2D eigenvalue weighted by Gasteiger charge is -2.23. The van der Waals surface area contributed by atoms with Gasteiger partial charge in [-0.2, -0.15) is 0 Å². The molecular weight excluding hydrogens is 307 g/mol. The summed E-state index contributed by atoms with van der Waals surface area (Å²) in [6, 6.07) is 13.3. The lowest BCUT2D eigenvalue weighted by atomic mass is 9.96. The number of aliphatic hydroxyl groups is 1. The largest absolute Gasteiger partial charge is 0.392 e. The minimum Gasteiger partial charge on any atom is -0.392 e. The highest BCUT2D eigenvalue weighted by Crippen LogP contribution is 2.21. The molecule has 0 aliphatic rings. The van der Waals surface area contributed by atoms with Crippen LogP contribution in [0.5, 0.6) is 0 Å². The van der Waals surface area contributed by atoms with Crippen LogP contribution in [0.2, 0.25) is 0 Å². The van der Waals surface area contributed by atoms with E-state index in [0.717, 1.165) is 16.8 Å². The first-order chi connectivity index (χ1) is 11.5. The molecule has 4 nitrogen and oxygen atoms in total. The minimum absolute atomic E-state index is 0.0400. The first kappa shape index (κ1) is 17.9. The standard InChI is InChI=1S/C19H23FN2O2/c1-13(2)19(15-6-8-16(20)9-7-15)22-18(24)11-21-17-5-3-4-14(10-17)12-23/h3-10,13,19,21,23H,11-12H2,1-2H3,(H,22,24). The highest BCUT2D eigenvalue weighted by molar-refractivity contribution is 5.81. The molecule has 0 aliphatic carbocycles. The van der Waals surface area contributed by atoms with Crippen LogP contribution in [-0.4, -0.2) is 17.6 Å². The molecule has 0 heterocycles. The van der Waals surface area contributed by atoms with Crippen LogP contribution in [0.15, 0.2) is 48.5 Å². The topological polar surface area (TPSA) is 61.4 Å². The Labute approximate surface area is 141 Å². The maximum atomic E-state index is 13.1. The van der Waals surface area contributed by atoms with E-state index in [1.165, 1.54) is 12.1 Å². The summed E-state index contributed by atoms with van der Waals surface area (Å²) in [5, 5.41) is 15.1. The van der Waals surface area contributed by atoms with E-state index in [2.05, 4.69) is 10.6 Å². The number of carbonyl (C=O) groups excluding carboxylic acids is 1. The molecule has 5 heteroatoms. The molecule has 2 aromatic rings. The molecule has 2 rings (SSSR count). The summed E-state index contributed by atoms with van der Waals surface area (Å²) in [6.07, 6.45) is 0. The highest BCUT2D eigenvalue weighted by atomic mass is 19.1. The number of nitrogens with one attached hydrogen (secondary N) is 2. The van der Waals surface area contributed by atoms with Crippen molar-refractivity contribution < 1.29 is 14.3 Å². The van der Waals surface area contributed by atoms with Gasteiger partial charge >= 0.3 is 0 Å². The van der Waals surface area contributed by atoms with Crippen molar-refractivity contribution in [1.82, 2.24) is 5.32 Å². The second kappa shape index (κ2) is 8.45. The molecule has 24 heavy (non-hydrogen) atoms. The van der Waals surface area contributed by atoms with Gasteiger partial charge in [0.05, 0.1) is 19.2 Å². The minimum atomic E-state index is -0.294. The number of hydrogen-bond donors (Lipinski definition) is 3. The number of benzene rings is 2. The van der Waals surface area contributed by atoms with Crippen LogP contribution < -0.4 is 10.6 Å². The lowest BCUT2D eigenvalue weighted by molar-refractivity contribution is -0.120. The van der Waals surface area contributed by atoms with Crippen LogP contribution in [0.1, 0.15) is 31.0 Å². The van der Waals surface area contributed by atoms with Crippen molar-refractivity contribution in [3.63, 3.8) is 0 Å². The Morgan fingerprint density at radius 1 is 1.17 bits per heavy atom. The van der Waals surface area contributed by atoms with E-state index in [0.29, 0.717) is 0 Å². The Balaban J connectivity index is 1.96. The van der Waals surface area contributed by atoms with Crippen molar-refractivity contribution >= 4 is 11.6 Å². The summed E-state index contributed by atoms with van der Waals surface area (Å²) in [4.78, 5) is 12.2. The Morgan fingerprint density at radius 2 is 1.88 bits per heavy atom. The van der Waals surface area contributed by atoms with E-state index in [1.54, 1.807) is 18.2 Å². The number of aliphatic hydroxyl groups excluding tert-OH is 1. The second-order valence-corrected chi connectivity index (χ2v) is 6.05. The fourth-order valence-electron chi connectivity index (χ4n) is 2.49. The molecule has 0 fully saturated rings. The highest BCUT2D eigenvalue weighted by Gasteiger charge is 2.18. The van der Waals surface area contributed by atoms with Crippen molar-refractivity contribution in [2.45, 2.75) is 26.5 Å². The summed E-state index contributed by atoms with van der Waals surface area (Å²) in [7, 11) is 0. The zero-order valence-electron chi connectivity index (χ0n) is 13.9. The molecule has 128 valence electrons. The molecule has 2 aromatic carbocycles. The molecule has 3 N–H and O–H groups in total. The second-order valence-electron chi connectivity index (χ2n) is 6.05. The molecule has 0 saturated carbocycles. The van der Waals surface area contributed by atoms with Gasteiger partial charge in [0.25, 0.3) is 0 Å². The van der Waals surface area contributed by atoms with Crippen molar-refractivity contribution in [2.24, 2.45) is 5.92 Å². The van der Waals surface area contributed by atoms with Gasteiger partial charge in [0.1, 0.15) is 5.82 Å². The molecule has 1 unspecified atom stereocenters. The summed E-state index contributed by atoms with van der Waals surface area (Å²) >= 11 is 0. The Hall–Kier alpha value is -2.40. The van der Waals surface area contributed by atoms with Crippen molar-refractivity contribution in [2.75, 3.05) is 11.9 Å². The fraction of sp³-hybridized carbons (Fsp3) is 0.316. The van der Waals surface area contributed by atoms with Gasteiger partial charge in [-0.3, -0.25) is 4.79 Å². The number of carbonyl (C=O) groups is 1. The Kier molecular flexibility index (Phi) is 6.32. The molecule has 0 spiro atoms. The van der Waals surface area contributed by atoms with E-state index in [-0.39, 0.29) is 36.8 Å². The average molecular weight is 330 g/mol. The average Bonchev–Trinajstić information content (AvgIpc) is 2.59. The third-order valence-electron chi connectivity index (χ3n) is 3.77. The van der Waals surface area contributed by atoms with Gasteiger partial charge in [-0.05, 0) is 41.3 Å². The zero-order chi connectivity index (χ0) is 17.5. The van der Waals surface area contributed by atoms with Crippen molar-refractivity contribution in [3.05, 3.63) is 65.5 Å². The van der Waals surface area contributed by atoms with Gasteiger partial charge in [-0.1, -0.05) is 38.1 Å². The van der Waals surface area contributed by atoms with E-state index in [9.17, 15) is 9.18 Å². The van der Waals surface area contributed by atoms with Gasteiger partial charge < -0.3 is 15.7 Å². The number of halogens is 1. The quantitative estimate of drug-likeness (QED) is 0.730. The predicted octanol–water partition coefficient (Wildman–Crippen LogP) is 3.24. The third-order valence-corrected chi connectivity index (χ3v) is 3.77. The zero-order valence-corrected chi connectivity index (χ0v) is 13.9. The first-order valence-electron chi connectivity index (χ1n) is 7.98. The first-order valence-corrected chi connectivity index (χ1v) is 7.98. The summed E-state index contributed by atoms with van der Waals surface area (Å²) in [6.45, 7) is 4.10. The number of rotatable bonds is 7. The summed E-state index contributed by atoms with van der Waals surface area (Å²) < 4.78 is 13.1. The van der Waals surface area contributed by atoms with Crippen LogP contribution in [0.4, 0.5) is 10.1 Å². The molecule has 0 saturated heterocycles. The molecule has 0 aromatic heterocycles. The fourth-order valence-corrected chi connectivity index (χ4v) is 2.49. The molecule has 0 bridgehead atoms. The Bertz CT molecular complexity index is 671. The van der Waals surface area contributed by atoms with Gasteiger partial charge in [0, 0.05) is 5.69 Å². The van der Waals surface area contributed by atoms with Crippen LogP contribution in [-0.2, 0) is 11.4 Å². The van der Waals surface area contributed by atoms with E-state index in [1.807, 2.05) is 32.0 Å². The SMILES string of the molecule is CC(C)C(NC(=O)CNc1cccc(CO)c1)c1ccc(F)cc1. The van der Waals surface area contributed by atoms with Gasteiger partial charge in [-0.25, -0.2) is 4.39 Å². The molecular formula is C19H23FN2O2. The molecule has 0 radical (unpaired) electrons. The monoisotopic (exact) mass is 330 g/mol. The van der Waals surface area contributed by atoms with E-state index >= 15 is 0 Å². The van der Waals surface area contributed by atoms with E-state index < -0.39 is 0 Å². The molecule has 0 aliphatic heterocycles. The van der Waals surface area contributed by atoms with Gasteiger partial charge in [-0.15, -0.1) is 0 Å². The molecule has 1 atom stereocenters. The number of anilines is 1. The third kappa shape index (κ3) is 5.06. The number of amides is 1. The smallest absolute Gasteiger partial charge is 0.239 e. The maximum Gasteiger partial charge on any atom is 0.239 e. The van der Waals surface area contributed by atoms with Crippen LogP contribution in [0.25, 0.3) is 0 Å². The predicted molar refractivity (Wildman–Crippen MR) is 93.0 cm³/mol. The van der Waals surface area contributed by atoms with Crippen LogP contribution in [0.3, 0.4) is 0 Å². The Morgan fingerprint density at radius 3 is 2.50 bits per heavy atom. The van der Waals surface area contributed by atoms with Crippen LogP contribution >= 0.6 is 0 Å². The maximum absolute atomic E-state index is 13.1.